The molecule has 1 aliphatic heterocycles. The zero-order chi connectivity index (χ0) is 22.3. The Morgan fingerprint density at radius 3 is 2.71 bits per heavy atom. The number of rotatable bonds is 6. The Balaban J connectivity index is 1.63. The fraction of sp³-hybridized carbons (Fsp3) is 0.455. The Morgan fingerprint density at radius 2 is 2.03 bits per heavy atom. The van der Waals surface area contributed by atoms with Gasteiger partial charge in [0.1, 0.15) is 12.2 Å². The summed E-state index contributed by atoms with van der Waals surface area (Å²) in [5, 5.41) is 8.11. The van der Waals surface area contributed by atoms with Crippen LogP contribution in [0.2, 0.25) is 5.02 Å². The Morgan fingerprint density at radius 1 is 1.29 bits per heavy atom. The minimum Gasteiger partial charge on any atom is -0.345 e. The van der Waals surface area contributed by atoms with Gasteiger partial charge in [-0.2, -0.15) is 5.10 Å². The van der Waals surface area contributed by atoms with Gasteiger partial charge in [-0.15, -0.1) is 0 Å². The lowest BCUT2D eigenvalue weighted by Gasteiger charge is -2.32. The largest absolute Gasteiger partial charge is 0.345 e. The molecule has 1 atom stereocenters. The maximum Gasteiger partial charge on any atom is 0.272 e. The van der Waals surface area contributed by atoms with Gasteiger partial charge in [0.05, 0.1) is 17.4 Å². The minimum absolute atomic E-state index is 0.0262. The van der Waals surface area contributed by atoms with E-state index >= 15 is 0 Å². The van der Waals surface area contributed by atoms with Crippen LogP contribution in [0.4, 0.5) is 5.69 Å². The van der Waals surface area contributed by atoms with Crippen LogP contribution in [0, 0.1) is 5.92 Å². The number of halogens is 1. The third-order valence-corrected chi connectivity index (χ3v) is 6.07. The number of likely N-dealkylation sites (N-methyl/N-ethyl adjacent to an activating group) is 1. The van der Waals surface area contributed by atoms with Crippen LogP contribution in [0.1, 0.15) is 43.2 Å². The van der Waals surface area contributed by atoms with Crippen molar-refractivity contribution in [1.82, 2.24) is 19.6 Å². The molecule has 1 aromatic carbocycles. The number of aromatic nitrogens is 2. The third-order valence-electron chi connectivity index (χ3n) is 5.83. The van der Waals surface area contributed by atoms with Gasteiger partial charge in [0.2, 0.25) is 11.8 Å². The molecule has 2 aromatic rings. The number of fused-ring (bicyclic) bond motifs is 1. The summed E-state index contributed by atoms with van der Waals surface area (Å²) in [4.78, 5) is 40.9. The van der Waals surface area contributed by atoms with Gasteiger partial charge in [-0.05, 0) is 51.0 Å². The normalized spacial score (nSPS) is 18.0. The number of hydrogen-bond acceptors (Lipinski definition) is 4. The van der Waals surface area contributed by atoms with E-state index in [-0.39, 0.29) is 36.2 Å². The molecule has 31 heavy (non-hydrogen) atoms. The average molecular weight is 444 g/mol. The Kier molecular flexibility index (Phi) is 5.75. The van der Waals surface area contributed by atoms with Crippen LogP contribution in [-0.2, 0) is 9.59 Å². The number of anilines is 1. The summed E-state index contributed by atoms with van der Waals surface area (Å²) in [6.45, 7) is 4.89. The molecule has 9 heteroatoms. The first-order chi connectivity index (χ1) is 14.8. The minimum atomic E-state index is -0.229. The molecule has 1 aliphatic carbocycles. The molecule has 0 radical (unpaired) electrons. The van der Waals surface area contributed by atoms with Gasteiger partial charge in [0, 0.05) is 36.6 Å². The highest BCUT2D eigenvalue weighted by molar-refractivity contribution is 6.31. The Bertz CT molecular complexity index is 1050. The summed E-state index contributed by atoms with van der Waals surface area (Å²) in [6, 6.07) is 6.87. The molecule has 164 valence electrons. The molecule has 0 bridgehead atoms. The number of carbonyl (C=O) groups excluding carboxylic acids is 3. The summed E-state index contributed by atoms with van der Waals surface area (Å²) in [5.41, 5.74) is 2.29. The van der Waals surface area contributed by atoms with Gasteiger partial charge in [0.15, 0.2) is 0 Å². The monoisotopic (exact) mass is 443 g/mol. The van der Waals surface area contributed by atoms with Crippen LogP contribution < -0.4 is 5.32 Å². The molecule has 1 N–H and O–H groups in total. The van der Waals surface area contributed by atoms with Gasteiger partial charge in [-0.25, -0.2) is 0 Å². The zero-order valence-corrected chi connectivity index (χ0v) is 18.6. The number of benzene rings is 1. The van der Waals surface area contributed by atoms with E-state index in [0.29, 0.717) is 40.8 Å². The van der Waals surface area contributed by atoms with Gasteiger partial charge >= 0.3 is 0 Å². The molecule has 1 fully saturated rings. The lowest BCUT2D eigenvalue weighted by molar-refractivity contribution is -0.130. The molecule has 8 nitrogen and oxygen atoms in total. The molecule has 4 rings (SSSR count). The lowest BCUT2D eigenvalue weighted by Crippen LogP contribution is -2.47. The molecular formula is C22H26ClN5O3. The average Bonchev–Trinajstić information content (AvgIpc) is 3.50. The Hall–Kier alpha value is -2.87. The first-order valence-corrected chi connectivity index (χ1v) is 10.9. The van der Waals surface area contributed by atoms with Crippen LogP contribution in [-0.4, -0.2) is 64.0 Å². The summed E-state index contributed by atoms with van der Waals surface area (Å²) >= 11 is 6.16. The van der Waals surface area contributed by atoms with Crippen LogP contribution in [0.15, 0.2) is 24.3 Å². The molecule has 1 saturated carbocycles. The van der Waals surface area contributed by atoms with Gasteiger partial charge in [-0.1, -0.05) is 11.6 Å². The highest BCUT2D eigenvalue weighted by atomic mass is 35.5. The van der Waals surface area contributed by atoms with Crippen LogP contribution >= 0.6 is 11.6 Å². The van der Waals surface area contributed by atoms with Crippen molar-refractivity contribution in [3.05, 3.63) is 35.0 Å². The van der Waals surface area contributed by atoms with E-state index in [1.807, 2.05) is 13.8 Å². The second kappa shape index (κ2) is 8.34. The van der Waals surface area contributed by atoms with E-state index in [2.05, 4.69) is 10.4 Å². The van der Waals surface area contributed by atoms with E-state index in [1.165, 1.54) is 0 Å². The highest BCUT2D eigenvalue weighted by Crippen LogP contribution is 2.35. The highest BCUT2D eigenvalue weighted by Gasteiger charge is 2.33. The fourth-order valence-corrected chi connectivity index (χ4v) is 3.86. The van der Waals surface area contributed by atoms with Crippen LogP contribution in [0.5, 0.6) is 0 Å². The van der Waals surface area contributed by atoms with Crippen LogP contribution in [0.3, 0.4) is 0 Å². The maximum absolute atomic E-state index is 13.1. The topological polar surface area (TPSA) is 87.5 Å². The number of nitrogens with zero attached hydrogens (tertiary/aromatic N) is 4. The molecule has 2 aliphatic rings. The molecule has 1 aromatic heterocycles. The quantitative estimate of drug-likeness (QED) is 0.743. The first kappa shape index (κ1) is 21.4. The number of nitrogens with one attached hydrogen (secondary N) is 1. The molecule has 3 amide bonds. The molecule has 0 saturated heterocycles. The second-order valence-corrected chi connectivity index (χ2v) is 8.69. The van der Waals surface area contributed by atoms with Gasteiger partial charge in [0.25, 0.3) is 5.91 Å². The van der Waals surface area contributed by atoms with Crippen LogP contribution in [0.25, 0.3) is 11.3 Å². The number of hydrogen-bond donors (Lipinski definition) is 1. The fourth-order valence-electron chi connectivity index (χ4n) is 3.68. The van der Waals surface area contributed by atoms with Crippen molar-refractivity contribution in [3.8, 4) is 11.3 Å². The van der Waals surface area contributed by atoms with Crippen molar-refractivity contribution in [3.63, 3.8) is 0 Å². The van der Waals surface area contributed by atoms with E-state index in [9.17, 15) is 14.4 Å². The zero-order valence-electron chi connectivity index (χ0n) is 17.9. The van der Waals surface area contributed by atoms with E-state index in [0.717, 1.165) is 12.8 Å². The molecule has 0 unspecified atom stereocenters. The van der Waals surface area contributed by atoms with Gasteiger partial charge in [-0.3, -0.25) is 19.1 Å². The summed E-state index contributed by atoms with van der Waals surface area (Å²) in [5.74, 6) is -0.302. The predicted octanol–water partition coefficient (Wildman–Crippen LogP) is 3.05. The van der Waals surface area contributed by atoms with Crippen molar-refractivity contribution >= 4 is 35.0 Å². The van der Waals surface area contributed by atoms with Crippen molar-refractivity contribution in [2.24, 2.45) is 5.92 Å². The number of carbonyl (C=O) groups is 3. The van der Waals surface area contributed by atoms with Gasteiger partial charge < -0.3 is 15.1 Å². The van der Waals surface area contributed by atoms with Crippen molar-refractivity contribution < 1.29 is 14.4 Å². The second-order valence-electron chi connectivity index (χ2n) is 8.26. The maximum atomic E-state index is 13.1. The van der Waals surface area contributed by atoms with E-state index in [4.69, 9.17) is 11.6 Å². The Labute approximate surface area is 186 Å². The predicted molar refractivity (Wildman–Crippen MR) is 118 cm³/mol. The summed E-state index contributed by atoms with van der Waals surface area (Å²) < 4.78 is 1.70. The van der Waals surface area contributed by atoms with Crippen molar-refractivity contribution in [1.29, 1.82) is 0 Å². The smallest absolute Gasteiger partial charge is 0.272 e. The van der Waals surface area contributed by atoms with E-state index in [1.54, 1.807) is 45.8 Å². The molecular weight excluding hydrogens is 418 g/mol. The van der Waals surface area contributed by atoms with Crippen molar-refractivity contribution in [2.45, 2.75) is 32.7 Å². The first-order valence-electron chi connectivity index (χ1n) is 10.5. The van der Waals surface area contributed by atoms with Crippen molar-refractivity contribution in [2.75, 3.05) is 32.0 Å². The summed E-state index contributed by atoms with van der Waals surface area (Å²) in [6.07, 6.45) is 1.79. The summed E-state index contributed by atoms with van der Waals surface area (Å²) in [7, 11) is 1.72. The van der Waals surface area contributed by atoms with E-state index < -0.39 is 0 Å². The number of amides is 3. The SMILES string of the molecule is CCN(C)C(=O)CN1C[C@H](C)n2nc(-c3ccc(Cl)cc3NC(=O)C3CC3)cc2C1=O. The lowest BCUT2D eigenvalue weighted by atomic mass is 10.1. The molecule has 2 heterocycles. The third kappa shape index (κ3) is 4.30. The molecule has 0 spiro atoms. The standard InChI is InChI=1S/C22H26ClN5O3/c1-4-26(3)20(29)12-27-11-13(2)28-19(22(27)31)10-18(25-28)16-8-7-15(23)9-17(16)24-21(30)14-5-6-14/h7-10,13-14H,4-6,11-12H2,1-3H3,(H,24,30)/t13-/m0/s1.